The quantitative estimate of drug-likeness (QED) is 0.299. The summed E-state index contributed by atoms with van der Waals surface area (Å²) in [6, 6.07) is 7.82. The summed E-state index contributed by atoms with van der Waals surface area (Å²) in [5.74, 6) is 0.933. The van der Waals surface area contributed by atoms with Crippen molar-refractivity contribution in [1.29, 1.82) is 0 Å². The van der Waals surface area contributed by atoms with Gasteiger partial charge in [0.15, 0.2) is 11.5 Å². The van der Waals surface area contributed by atoms with Crippen LogP contribution in [0.25, 0.3) is 6.08 Å². The van der Waals surface area contributed by atoms with Crippen molar-refractivity contribution >= 4 is 23.4 Å². The van der Waals surface area contributed by atoms with Crippen molar-refractivity contribution in [2.45, 2.75) is 19.5 Å². The van der Waals surface area contributed by atoms with Crippen molar-refractivity contribution in [2.24, 2.45) is 0 Å². The van der Waals surface area contributed by atoms with Gasteiger partial charge in [-0.05, 0) is 42.3 Å². The maximum atomic E-state index is 13.0. The standard InChI is InChI=1S/C24H26F3N3O5/c1-3-14-35-21-8-4-17(15-22(21)34-2)5-9-23(31)29-12-10-28(11-13-29)19-7-6-18(24(25,26)27)16-20(19)30(32)33/h4-9,15-16H,3,10-14H2,1-2H3. The molecule has 2 aromatic rings. The number of halogens is 3. The highest BCUT2D eigenvalue weighted by atomic mass is 19.4. The molecule has 0 N–H and O–H groups in total. The van der Waals surface area contributed by atoms with Crippen LogP contribution in [0.15, 0.2) is 42.5 Å². The lowest BCUT2D eigenvalue weighted by atomic mass is 10.1. The second-order valence-corrected chi connectivity index (χ2v) is 7.86. The number of carbonyl (C=O) groups excluding carboxylic acids is 1. The van der Waals surface area contributed by atoms with Gasteiger partial charge in [-0.25, -0.2) is 0 Å². The van der Waals surface area contributed by atoms with Gasteiger partial charge < -0.3 is 19.3 Å². The maximum absolute atomic E-state index is 13.0. The molecule has 1 saturated heterocycles. The summed E-state index contributed by atoms with van der Waals surface area (Å²) in [6.45, 7) is 3.61. The number of ether oxygens (including phenoxy) is 2. The Morgan fingerprint density at radius 1 is 1.11 bits per heavy atom. The fourth-order valence-electron chi connectivity index (χ4n) is 3.67. The summed E-state index contributed by atoms with van der Waals surface area (Å²) in [6.07, 6.45) is -0.731. The van der Waals surface area contributed by atoms with E-state index in [1.54, 1.807) is 34.1 Å². The minimum absolute atomic E-state index is 0.100. The van der Waals surface area contributed by atoms with Crippen LogP contribution in [-0.2, 0) is 11.0 Å². The van der Waals surface area contributed by atoms with Crippen LogP contribution in [0.4, 0.5) is 24.5 Å². The first-order valence-electron chi connectivity index (χ1n) is 11.0. The molecule has 1 heterocycles. The van der Waals surface area contributed by atoms with E-state index in [1.165, 1.54) is 13.2 Å². The minimum Gasteiger partial charge on any atom is -0.493 e. The van der Waals surface area contributed by atoms with Crippen molar-refractivity contribution in [3.8, 4) is 11.5 Å². The molecule has 2 aromatic carbocycles. The molecule has 0 spiro atoms. The van der Waals surface area contributed by atoms with Gasteiger partial charge >= 0.3 is 6.18 Å². The highest BCUT2D eigenvalue weighted by Gasteiger charge is 2.34. The molecule has 3 rings (SSSR count). The summed E-state index contributed by atoms with van der Waals surface area (Å²) >= 11 is 0. The smallest absolute Gasteiger partial charge is 0.416 e. The van der Waals surface area contributed by atoms with Gasteiger partial charge in [-0.3, -0.25) is 14.9 Å². The van der Waals surface area contributed by atoms with Crippen molar-refractivity contribution < 1.29 is 32.4 Å². The average Bonchev–Trinajstić information content (AvgIpc) is 2.85. The molecule has 0 aliphatic carbocycles. The van der Waals surface area contributed by atoms with Crippen LogP contribution in [-0.4, -0.2) is 55.6 Å². The number of hydrogen-bond donors (Lipinski definition) is 0. The number of piperazine rings is 1. The number of nitrogens with zero attached hydrogens (tertiary/aromatic N) is 3. The predicted octanol–water partition coefficient (Wildman–Crippen LogP) is 4.77. The van der Waals surface area contributed by atoms with Gasteiger partial charge in [0.2, 0.25) is 5.91 Å². The van der Waals surface area contributed by atoms with E-state index in [4.69, 9.17) is 9.47 Å². The fourth-order valence-corrected chi connectivity index (χ4v) is 3.67. The van der Waals surface area contributed by atoms with Crippen LogP contribution < -0.4 is 14.4 Å². The molecule has 188 valence electrons. The molecule has 0 atom stereocenters. The molecule has 1 fully saturated rings. The Bertz CT molecular complexity index is 1100. The van der Waals surface area contributed by atoms with E-state index < -0.39 is 22.4 Å². The summed E-state index contributed by atoms with van der Waals surface area (Å²) in [4.78, 5) is 26.4. The number of amides is 1. The molecule has 1 aliphatic heterocycles. The van der Waals surface area contributed by atoms with Crippen LogP contribution in [0.1, 0.15) is 24.5 Å². The minimum atomic E-state index is -4.67. The van der Waals surface area contributed by atoms with Gasteiger partial charge in [-0.1, -0.05) is 13.0 Å². The molecule has 35 heavy (non-hydrogen) atoms. The molecule has 0 radical (unpaired) electrons. The Morgan fingerprint density at radius 3 is 2.43 bits per heavy atom. The van der Waals surface area contributed by atoms with Crippen molar-refractivity contribution in [3.05, 3.63) is 63.7 Å². The van der Waals surface area contributed by atoms with E-state index in [0.29, 0.717) is 24.2 Å². The Hall–Kier alpha value is -3.76. The Balaban J connectivity index is 1.64. The number of hydrogen-bond acceptors (Lipinski definition) is 6. The zero-order chi connectivity index (χ0) is 25.6. The van der Waals surface area contributed by atoms with E-state index in [-0.39, 0.29) is 37.8 Å². The van der Waals surface area contributed by atoms with Crippen LogP contribution in [0.5, 0.6) is 11.5 Å². The van der Waals surface area contributed by atoms with Crippen molar-refractivity contribution in [3.63, 3.8) is 0 Å². The first kappa shape index (κ1) is 25.9. The third-order valence-electron chi connectivity index (χ3n) is 5.50. The molecule has 1 amide bonds. The Kier molecular flexibility index (Phi) is 8.21. The third kappa shape index (κ3) is 6.43. The molecule has 0 bridgehead atoms. The number of nitro benzene ring substituents is 1. The van der Waals surface area contributed by atoms with E-state index in [1.807, 2.05) is 6.92 Å². The average molecular weight is 493 g/mol. The van der Waals surface area contributed by atoms with Gasteiger partial charge in [0.05, 0.1) is 24.2 Å². The van der Waals surface area contributed by atoms with Crippen LogP contribution in [0.3, 0.4) is 0 Å². The lowest BCUT2D eigenvalue weighted by Crippen LogP contribution is -2.48. The second-order valence-electron chi connectivity index (χ2n) is 7.86. The summed E-state index contributed by atoms with van der Waals surface area (Å²) in [5, 5.41) is 11.4. The van der Waals surface area contributed by atoms with E-state index in [9.17, 15) is 28.1 Å². The molecule has 11 heteroatoms. The zero-order valence-electron chi connectivity index (χ0n) is 19.4. The Labute approximate surface area is 200 Å². The van der Waals surface area contributed by atoms with Crippen LogP contribution in [0, 0.1) is 10.1 Å². The number of alkyl halides is 3. The van der Waals surface area contributed by atoms with E-state index in [2.05, 4.69) is 0 Å². The van der Waals surface area contributed by atoms with Crippen molar-refractivity contribution in [1.82, 2.24) is 4.90 Å². The van der Waals surface area contributed by atoms with Gasteiger partial charge in [0.1, 0.15) is 5.69 Å². The van der Waals surface area contributed by atoms with Crippen LogP contribution >= 0.6 is 0 Å². The molecule has 0 aromatic heterocycles. The highest BCUT2D eigenvalue weighted by Crippen LogP contribution is 2.37. The topological polar surface area (TPSA) is 85.2 Å². The third-order valence-corrected chi connectivity index (χ3v) is 5.50. The normalized spacial score (nSPS) is 14.3. The predicted molar refractivity (Wildman–Crippen MR) is 125 cm³/mol. The number of carbonyl (C=O) groups is 1. The number of rotatable bonds is 8. The summed E-state index contributed by atoms with van der Waals surface area (Å²) in [7, 11) is 1.53. The molecular weight excluding hydrogens is 467 g/mol. The number of methoxy groups -OCH3 is 1. The number of nitro groups is 1. The van der Waals surface area contributed by atoms with Gasteiger partial charge in [-0.2, -0.15) is 13.2 Å². The van der Waals surface area contributed by atoms with Gasteiger partial charge in [0.25, 0.3) is 5.69 Å². The first-order valence-corrected chi connectivity index (χ1v) is 11.0. The first-order chi connectivity index (χ1) is 16.6. The lowest BCUT2D eigenvalue weighted by molar-refractivity contribution is -0.384. The van der Waals surface area contributed by atoms with Gasteiger partial charge in [0, 0.05) is 38.3 Å². The molecular formula is C24H26F3N3O5. The molecule has 0 saturated carbocycles. The van der Waals surface area contributed by atoms with Crippen LogP contribution in [0.2, 0.25) is 0 Å². The van der Waals surface area contributed by atoms with Crippen molar-refractivity contribution in [2.75, 3.05) is 44.8 Å². The monoisotopic (exact) mass is 493 g/mol. The van der Waals surface area contributed by atoms with Gasteiger partial charge in [-0.15, -0.1) is 0 Å². The molecule has 1 aliphatic rings. The maximum Gasteiger partial charge on any atom is 0.416 e. The molecule has 8 nitrogen and oxygen atoms in total. The highest BCUT2D eigenvalue weighted by molar-refractivity contribution is 5.92. The lowest BCUT2D eigenvalue weighted by Gasteiger charge is -2.35. The molecule has 0 unspecified atom stereocenters. The summed E-state index contributed by atoms with van der Waals surface area (Å²) in [5.41, 5.74) is -0.838. The zero-order valence-corrected chi connectivity index (χ0v) is 19.4. The second kappa shape index (κ2) is 11.1. The number of anilines is 1. The van der Waals surface area contributed by atoms with E-state index >= 15 is 0 Å². The number of benzene rings is 2. The Morgan fingerprint density at radius 2 is 1.83 bits per heavy atom. The SMILES string of the molecule is CCCOc1ccc(C=CC(=O)N2CCN(c3ccc(C(F)(F)F)cc3[N+](=O)[O-])CC2)cc1OC. The summed E-state index contributed by atoms with van der Waals surface area (Å²) < 4.78 is 49.8. The fraction of sp³-hybridized carbons (Fsp3) is 0.375. The largest absolute Gasteiger partial charge is 0.493 e. The van der Waals surface area contributed by atoms with E-state index in [0.717, 1.165) is 24.1 Å².